The van der Waals surface area contributed by atoms with E-state index in [1.165, 1.54) is 0 Å². The fourth-order valence-electron chi connectivity index (χ4n) is 1.99. The topological polar surface area (TPSA) is 84.5 Å². The summed E-state index contributed by atoms with van der Waals surface area (Å²) in [7, 11) is -3.35. The van der Waals surface area contributed by atoms with Crippen molar-refractivity contribution in [1.82, 2.24) is 5.32 Å². The van der Waals surface area contributed by atoms with E-state index < -0.39 is 9.84 Å². The molecule has 0 aliphatic heterocycles. The smallest absolute Gasteiger partial charge is 0.189 e. The highest BCUT2D eigenvalue weighted by Gasteiger charge is 2.17. The van der Waals surface area contributed by atoms with Crippen LogP contribution in [0.5, 0.6) is 0 Å². The molecule has 0 aromatic heterocycles. The van der Waals surface area contributed by atoms with Crippen LogP contribution in [0.3, 0.4) is 0 Å². The zero-order valence-electron chi connectivity index (χ0n) is 15.4. The lowest BCUT2D eigenvalue weighted by molar-refractivity contribution is 0.508. The van der Waals surface area contributed by atoms with Crippen molar-refractivity contribution in [2.75, 3.05) is 12.3 Å². The fourth-order valence-corrected chi connectivity index (χ4v) is 3.11. The number of rotatable bonds is 4. The van der Waals surface area contributed by atoms with Gasteiger partial charge < -0.3 is 11.1 Å². The van der Waals surface area contributed by atoms with Gasteiger partial charge in [-0.3, -0.25) is 4.99 Å². The lowest BCUT2D eigenvalue weighted by Crippen LogP contribution is -2.45. The number of halogens is 1. The van der Waals surface area contributed by atoms with Crippen molar-refractivity contribution >= 4 is 39.8 Å². The van der Waals surface area contributed by atoms with Crippen molar-refractivity contribution in [1.29, 1.82) is 0 Å². The van der Waals surface area contributed by atoms with Gasteiger partial charge in [-0.2, -0.15) is 0 Å². The second-order valence-corrected chi connectivity index (χ2v) is 9.84. The number of hydrogen-bond acceptors (Lipinski definition) is 3. The summed E-state index contributed by atoms with van der Waals surface area (Å²) in [6, 6.07) is 7.06. The lowest BCUT2D eigenvalue weighted by Gasteiger charge is -2.21. The van der Waals surface area contributed by atoms with Gasteiger partial charge in [0.25, 0.3) is 0 Å². The van der Waals surface area contributed by atoms with Gasteiger partial charge in [-0.25, -0.2) is 8.42 Å². The van der Waals surface area contributed by atoms with Gasteiger partial charge in [0, 0.05) is 5.54 Å². The van der Waals surface area contributed by atoms with Crippen LogP contribution in [0.15, 0.2) is 34.2 Å². The zero-order chi connectivity index (χ0) is 17.9. The normalized spacial score (nSPS) is 13.3. The van der Waals surface area contributed by atoms with E-state index in [0.717, 1.165) is 5.56 Å². The van der Waals surface area contributed by atoms with Crippen LogP contribution in [0.2, 0.25) is 0 Å². The van der Waals surface area contributed by atoms with Crippen molar-refractivity contribution in [3.8, 4) is 0 Å². The van der Waals surface area contributed by atoms with E-state index in [9.17, 15) is 8.42 Å². The molecule has 3 N–H and O–H groups in total. The number of guanidine groups is 1. The molecule has 1 rings (SSSR count). The van der Waals surface area contributed by atoms with Crippen LogP contribution in [0.25, 0.3) is 0 Å². The predicted octanol–water partition coefficient (Wildman–Crippen LogP) is 3.08. The summed E-state index contributed by atoms with van der Waals surface area (Å²) in [5, 5.41) is 3.00. The summed E-state index contributed by atoms with van der Waals surface area (Å²) < 4.78 is 24.7. The molecule has 0 heterocycles. The molecular formula is C17H30IN3O2S. The van der Waals surface area contributed by atoms with E-state index in [0.29, 0.717) is 4.90 Å². The minimum atomic E-state index is -3.35. The Bertz CT molecular complexity index is 655. The van der Waals surface area contributed by atoms with Crippen molar-refractivity contribution < 1.29 is 8.42 Å². The van der Waals surface area contributed by atoms with Gasteiger partial charge in [0.1, 0.15) is 0 Å². The summed E-state index contributed by atoms with van der Waals surface area (Å²) in [6.45, 7) is 12.3. The maximum atomic E-state index is 12.3. The van der Waals surface area contributed by atoms with Crippen molar-refractivity contribution in [3.63, 3.8) is 0 Å². The van der Waals surface area contributed by atoms with E-state index >= 15 is 0 Å². The van der Waals surface area contributed by atoms with Crippen LogP contribution < -0.4 is 11.1 Å². The van der Waals surface area contributed by atoms with Gasteiger partial charge in [0.15, 0.2) is 15.8 Å². The van der Waals surface area contributed by atoms with Crippen LogP contribution in [0.4, 0.5) is 0 Å². The van der Waals surface area contributed by atoms with Crippen LogP contribution in [0.1, 0.15) is 47.1 Å². The first-order valence-electron chi connectivity index (χ1n) is 7.73. The second-order valence-electron chi connectivity index (χ2n) is 7.74. The predicted molar refractivity (Wildman–Crippen MR) is 112 cm³/mol. The van der Waals surface area contributed by atoms with Gasteiger partial charge in [-0.05, 0) is 43.9 Å². The Morgan fingerprint density at radius 1 is 1.08 bits per heavy atom. The Balaban J connectivity index is 0.00000529. The van der Waals surface area contributed by atoms with E-state index in [-0.39, 0.29) is 53.2 Å². The maximum absolute atomic E-state index is 12.3. The molecule has 0 saturated heterocycles. The zero-order valence-corrected chi connectivity index (χ0v) is 18.5. The van der Waals surface area contributed by atoms with Crippen molar-refractivity contribution in [2.24, 2.45) is 10.7 Å². The molecule has 0 saturated carbocycles. The highest BCUT2D eigenvalue weighted by atomic mass is 127. The Hall–Kier alpha value is -0.830. The van der Waals surface area contributed by atoms with Crippen molar-refractivity contribution in [3.05, 3.63) is 29.8 Å². The first-order chi connectivity index (χ1) is 10.3. The lowest BCUT2D eigenvalue weighted by atomic mass is 9.87. The third kappa shape index (κ3) is 7.83. The van der Waals surface area contributed by atoms with Crippen LogP contribution in [-0.2, 0) is 15.3 Å². The first kappa shape index (κ1) is 23.2. The summed E-state index contributed by atoms with van der Waals surface area (Å²) in [5.74, 6) is 0.199. The number of nitrogens with zero attached hydrogens (tertiary/aromatic N) is 1. The Morgan fingerprint density at radius 3 is 2.00 bits per heavy atom. The largest absolute Gasteiger partial charge is 0.370 e. The SMILES string of the molecule is CC(C)(C)NC(N)=NCCS(=O)(=O)c1ccc(C(C)(C)C)cc1.I. The molecule has 0 aliphatic rings. The summed E-state index contributed by atoms with van der Waals surface area (Å²) in [6.07, 6.45) is 0. The molecule has 24 heavy (non-hydrogen) atoms. The molecule has 0 radical (unpaired) electrons. The molecule has 1 aromatic carbocycles. The number of benzene rings is 1. The number of aliphatic imine (C=N–C) groups is 1. The van der Waals surface area contributed by atoms with E-state index in [2.05, 4.69) is 31.1 Å². The summed E-state index contributed by atoms with van der Waals surface area (Å²) in [5.41, 5.74) is 6.64. The quantitative estimate of drug-likeness (QED) is 0.405. The van der Waals surface area contributed by atoms with Crippen LogP contribution in [0, 0.1) is 0 Å². The highest BCUT2D eigenvalue weighted by molar-refractivity contribution is 14.0. The van der Waals surface area contributed by atoms with Gasteiger partial charge >= 0.3 is 0 Å². The maximum Gasteiger partial charge on any atom is 0.189 e. The molecule has 7 heteroatoms. The van der Waals surface area contributed by atoms with Gasteiger partial charge in [-0.15, -0.1) is 24.0 Å². The van der Waals surface area contributed by atoms with Gasteiger partial charge in [-0.1, -0.05) is 32.9 Å². The number of hydrogen-bond donors (Lipinski definition) is 2. The number of nitrogens with one attached hydrogen (secondary N) is 1. The summed E-state index contributed by atoms with van der Waals surface area (Å²) in [4.78, 5) is 4.40. The monoisotopic (exact) mass is 467 g/mol. The van der Waals surface area contributed by atoms with E-state index in [1.54, 1.807) is 12.1 Å². The Labute approximate surface area is 163 Å². The second kappa shape index (κ2) is 8.51. The molecule has 0 spiro atoms. The molecule has 0 bridgehead atoms. The number of sulfone groups is 1. The third-order valence-electron chi connectivity index (χ3n) is 3.22. The molecule has 1 aromatic rings. The molecule has 0 aliphatic carbocycles. The van der Waals surface area contributed by atoms with Crippen LogP contribution in [-0.4, -0.2) is 32.2 Å². The van der Waals surface area contributed by atoms with Crippen LogP contribution >= 0.6 is 24.0 Å². The standard InChI is InChI=1S/C17H29N3O2S.HI/c1-16(2,3)13-7-9-14(10-8-13)23(21,22)12-11-19-15(18)20-17(4,5)6;/h7-10H,11-12H2,1-6H3,(H3,18,19,20);1H. The molecule has 0 atom stereocenters. The highest BCUT2D eigenvalue weighted by Crippen LogP contribution is 2.23. The van der Waals surface area contributed by atoms with Gasteiger partial charge in [0.05, 0.1) is 17.2 Å². The molecule has 0 unspecified atom stereocenters. The molecule has 5 nitrogen and oxygen atoms in total. The third-order valence-corrected chi connectivity index (χ3v) is 4.94. The minimum Gasteiger partial charge on any atom is -0.370 e. The average molecular weight is 467 g/mol. The molecule has 0 amide bonds. The molecule has 0 fully saturated rings. The minimum absolute atomic E-state index is 0. The fraction of sp³-hybridized carbons (Fsp3) is 0.588. The number of nitrogens with two attached hydrogens (primary N) is 1. The van der Waals surface area contributed by atoms with Crippen molar-refractivity contribution in [2.45, 2.75) is 57.4 Å². The summed E-state index contributed by atoms with van der Waals surface area (Å²) >= 11 is 0. The van der Waals surface area contributed by atoms with E-state index in [1.807, 2.05) is 32.9 Å². The average Bonchev–Trinajstić information content (AvgIpc) is 2.35. The Kier molecular flexibility index (Phi) is 8.22. The Morgan fingerprint density at radius 2 is 1.58 bits per heavy atom. The molecular weight excluding hydrogens is 437 g/mol. The molecule has 138 valence electrons. The first-order valence-corrected chi connectivity index (χ1v) is 9.38. The van der Waals surface area contributed by atoms with Gasteiger partial charge in [0.2, 0.25) is 0 Å². The van der Waals surface area contributed by atoms with E-state index in [4.69, 9.17) is 5.73 Å².